The van der Waals surface area contributed by atoms with Crippen LogP contribution in [0.4, 0.5) is 0 Å². The molecule has 0 unspecified atom stereocenters. The van der Waals surface area contributed by atoms with Crippen LogP contribution in [-0.2, 0) is 19.7 Å². The molecule has 1 aromatic carbocycles. The summed E-state index contributed by atoms with van der Waals surface area (Å²) < 4.78 is 13.3. The number of nitrogens with one attached hydrogen (secondary N) is 1. The minimum atomic E-state index is 0.482. The summed E-state index contributed by atoms with van der Waals surface area (Å²) in [6.07, 6.45) is 3.64. The Morgan fingerprint density at radius 3 is 2.85 bits per heavy atom. The third kappa shape index (κ3) is 3.30. The third-order valence-corrected chi connectivity index (χ3v) is 3.12. The molecule has 0 amide bonds. The fourth-order valence-electron chi connectivity index (χ4n) is 2.05. The Morgan fingerprint density at radius 1 is 1.30 bits per heavy atom. The summed E-state index contributed by atoms with van der Waals surface area (Å²) >= 11 is 0. The largest absolute Gasteiger partial charge is 0.493 e. The summed E-state index contributed by atoms with van der Waals surface area (Å²) in [5.41, 5.74) is 2.21. The topological polar surface area (TPSA) is 48.3 Å². The van der Waals surface area contributed by atoms with E-state index >= 15 is 0 Å². The lowest BCUT2D eigenvalue weighted by Crippen LogP contribution is -2.06. The van der Waals surface area contributed by atoms with E-state index < -0.39 is 0 Å². The molecule has 5 heteroatoms. The summed E-state index contributed by atoms with van der Waals surface area (Å²) in [5, 5.41) is 3.12. The zero-order chi connectivity index (χ0) is 14.4. The predicted octanol–water partition coefficient (Wildman–Crippen LogP) is 2.21. The average Bonchev–Trinajstić information content (AvgIpc) is 2.93. The molecule has 2 aromatic rings. The highest BCUT2D eigenvalue weighted by Crippen LogP contribution is 2.28. The van der Waals surface area contributed by atoms with E-state index in [1.807, 2.05) is 37.8 Å². The summed E-state index contributed by atoms with van der Waals surface area (Å²) in [6.45, 7) is 4.25. The van der Waals surface area contributed by atoms with Crippen molar-refractivity contribution in [3.05, 3.63) is 42.0 Å². The summed E-state index contributed by atoms with van der Waals surface area (Å²) in [6, 6.07) is 5.96. The number of imidazole rings is 1. The molecule has 2 rings (SSSR count). The molecule has 20 heavy (non-hydrogen) atoms. The van der Waals surface area contributed by atoms with Gasteiger partial charge in [0.1, 0.15) is 6.61 Å². The van der Waals surface area contributed by atoms with Crippen LogP contribution in [0.5, 0.6) is 11.5 Å². The first-order valence-corrected chi connectivity index (χ1v) is 6.71. The maximum absolute atomic E-state index is 5.84. The van der Waals surface area contributed by atoms with Gasteiger partial charge in [0.15, 0.2) is 11.5 Å². The minimum Gasteiger partial charge on any atom is -0.493 e. The molecule has 5 nitrogen and oxygen atoms in total. The lowest BCUT2D eigenvalue weighted by molar-refractivity contribution is 0.276. The van der Waals surface area contributed by atoms with Crippen molar-refractivity contribution in [2.45, 2.75) is 26.6 Å². The molecule has 0 saturated heterocycles. The van der Waals surface area contributed by atoms with Gasteiger partial charge in [-0.2, -0.15) is 0 Å². The van der Waals surface area contributed by atoms with E-state index in [4.69, 9.17) is 9.47 Å². The van der Waals surface area contributed by atoms with Gasteiger partial charge in [-0.05, 0) is 31.7 Å². The maximum Gasteiger partial charge on any atom is 0.161 e. The van der Waals surface area contributed by atoms with Gasteiger partial charge in [0.2, 0.25) is 0 Å². The Balaban J connectivity index is 2.09. The zero-order valence-electron chi connectivity index (χ0n) is 12.2. The number of hydrogen-bond donors (Lipinski definition) is 1. The second-order valence-corrected chi connectivity index (χ2v) is 4.48. The molecule has 0 bridgehead atoms. The van der Waals surface area contributed by atoms with Crippen LogP contribution >= 0.6 is 0 Å². The van der Waals surface area contributed by atoms with Gasteiger partial charge in [-0.25, -0.2) is 4.98 Å². The van der Waals surface area contributed by atoms with Crippen LogP contribution < -0.4 is 14.8 Å². The van der Waals surface area contributed by atoms with E-state index in [0.29, 0.717) is 6.61 Å². The number of rotatable bonds is 7. The number of aromatic nitrogens is 2. The molecule has 1 heterocycles. The van der Waals surface area contributed by atoms with Crippen LogP contribution in [0, 0.1) is 0 Å². The molecule has 0 aliphatic heterocycles. The minimum absolute atomic E-state index is 0.482. The molecular formula is C15H21N3O2. The Kier molecular flexibility index (Phi) is 5.01. The molecule has 0 fully saturated rings. The monoisotopic (exact) mass is 275 g/mol. The highest BCUT2D eigenvalue weighted by Gasteiger charge is 2.07. The highest BCUT2D eigenvalue weighted by atomic mass is 16.5. The zero-order valence-corrected chi connectivity index (χ0v) is 12.2. The van der Waals surface area contributed by atoms with E-state index in [1.54, 1.807) is 7.11 Å². The van der Waals surface area contributed by atoms with Crippen molar-refractivity contribution >= 4 is 0 Å². The molecule has 0 aliphatic carbocycles. The van der Waals surface area contributed by atoms with E-state index in [-0.39, 0.29) is 0 Å². The first kappa shape index (κ1) is 14.4. The maximum atomic E-state index is 5.84. The quantitative estimate of drug-likeness (QED) is 0.841. The van der Waals surface area contributed by atoms with Gasteiger partial charge >= 0.3 is 0 Å². The fourth-order valence-corrected chi connectivity index (χ4v) is 2.05. The van der Waals surface area contributed by atoms with E-state index in [1.165, 1.54) is 0 Å². The Bertz CT molecular complexity index is 552. The van der Waals surface area contributed by atoms with Crippen LogP contribution in [0.1, 0.15) is 18.2 Å². The van der Waals surface area contributed by atoms with E-state index in [0.717, 1.165) is 35.8 Å². The lowest BCUT2D eigenvalue weighted by Gasteiger charge is -2.13. The van der Waals surface area contributed by atoms with Gasteiger partial charge in [-0.1, -0.05) is 6.07 Å². The number of hydrogen-bond acceptors (Lipinski definition) is 4. The van der Waals surface area contributed by atoms with Crippen LogP contribution in [0.15, 0.2) is 30.7 Å². The molecule has 0 radical (unpaired) electrons. The highest BCUT2D eigenvalue weighted by molar-refractivity contribution is 5.43. The Labute approximate surface area is 119 Å². The van der Waals surface area contributed by atoms with Crippen LogP contribution in [0.3, 0.4) is 0 Å². The first-order valence-electron chi connectivity index (χ1n) is 6.71. The van der Waals surface area contributed by atoms with Gasteiger partial charge in [0.25, 0.3) is 0 Å². The summed E-state index contributed by atoms with van der Waals surface area (Å²) in [5.74, 6) is 1.50. The van der Waals surface area contributed by atoms with Crippen molar-refractivity contribution in [2.24, 2.45) is 0 Å². The van der Waals surface area contributed by atoms with Crippen molar-refractivity contribution < 1.29 is 9.47 Å². The summed E-state index contributed by atoms with van der Waals surface area (Å²) in [7, 11) is 3.57. The SMILES string of the molecule is CCn1cncc1COc1ccc(CNC)cc1OC. The van der Waals surface area contributed by atoms with E-state index in [2.05, 4.69) is 21.8 Å². The second-order valence-electron chi connectivity index (χ2n) is 4.48. The van der Waals surface area contributed by atoms with Crippen LogP contribution in [0.25, 0.3) is 0 Å². The number of methoxy groups -OCH3 is 1. The van der Waals surface area contributed by atoms with Gasteiger partial charge in [-0.3, -0.25) is 0 Å². The molecule has 1 N–H and O–H groups in total. The Morgan fingerprint density at radius 2 is 2.15 bits per heavy atom. The normalized spacial score (nSPS) is 10.6. The van der Waals surface area contributed by atoms with Crippen LogP contribution in [-0.4, -0.2) is 23.7 Å². The first-order chi connectivity index (χ1) is 9.78. The standard InChI is InChI=1S/C15H21N3O2/c1-4-18-11-17-9-13(18)10-20-14-6-5-12(8-16-2)7-15(14)19-3/h5-7,9,11,16H,4,8,10H2,1-3H3. The predicted molar refractivity (Wildman–Crippen MR) is 78.0 cm³/mol. The number of ether oxygens (including phenoxy) is 2. The van der Waals surface area contributed by atoms with Gasteiger partial charge in [0, 0.05) is 13.1 Å². The van der Waals surface area contributed by atoms with Gasteiger partial charge < -0.3 is 19.4 Å². The number of aryl methyl sites for hydroxylation is 1. The fraction of sp³-hybridized carbons (Fsp3) is 0.400. The van der Waals surface area contributed by atoms with Crippen LogP contribution in [0.2, 0.25) is 0 Å². The lowest BCUT2D eigenvalue weighted by atomic mass is 10.2. The van der Waals surface area contributed by atoms with Crippen molar-refractivity contribution in [1.82, 2.24) is 14.9 Å². The third-order valence-electron chi connectivity index (χ3n) is 3.12. The Hall–Kier alpha value is -2.01. The smallest absolute Gasteiger partial charge is 0.161 e. The molecule has 0 spiro atoms. The average molecular weight is 275 g/mol. The molecular weight excluding hydrogens is 254 g/mol. The van der Waals surface area contributed by atoms with Crippen molar-refractivity contribution in [2.75, 3.05) is 14.2 Å². The second kappa shape index (κ2) is 6.96. The van der Waals surface area contributed by atoms with Gasteiger partial charge in [0.05, 0.1) is 25.3 Å². The van der Waals surface area contributed by atoms with Crippen molar-refractivity contribution in [3.63, 3.8) is 0 Å². The molecule has 108 valence electrons. The summed E-state index contributed by atoms with van der Waals surface area (Å²) in [4.78, 5) is 4.13. The van der Waals surface area contributed by atoms with E-state index in [9.17, 15) is 0 Å². The number of benzene rings is 1. The number of nitrogens with zero attached hydrogens (tertiary/aromatic N) is 2. The van der Waals surface area contributed by atoms with Crippen molar-refractivity contribution in [1.29, 1.82) is 0 Å². The molecule has 0 atom stereocenters. The van der Waals surface area contributed by atoms with Gasteiger partial charge in [-0.15, -0.1) is 0 Å². The molecule has 0 saturated carbocycles. The molecule has 0 aliphatic rings. The van der Waals surface area contributed by atoms with Crippen molar-refractivity contribution in [3.8, 4) is 11.5 Å². The molecule has 1 aromatic heterocycles.